The smallest absolute Gasteiger partial charge is 0.367 e. The lowest BCUT2D eigenvalue weighted by molar-refractivity contribution is -0.137. The molecule has 166 valence electrons. The molecule has 1 amide bonds. The number of aromatic nitrogens is 1. The number of rotatable bonds is 6. The van der Waals surface area contributed by atoms with Gasteiger partial charge in [0.25, 0.3) is 5.91 Å². The van der Waals surface area contributed by atoms with Crippen LogP contribution in [0.4, 0.5) is 13.2 Å². The largest absolute Gasteiger partial charge is 0.416 e. The molecule has 2 heterocycles. The summed E-state index contributed by atoms with van der Waals surface area (Å²) in [4.78, 5) is 22.9. The molecule has 4 rings (SSSR count). The number of benzene rings is 1. The third kappa shape index (κ3) is 4.71. The minimum absolute atomic E-state index is 0.0162. The van der Waals surface area contributed by atoms with Gasteiger partial charge in [0.1, 0.15) is 5.69 Å². The summed E-state index contributed by atoms with van der Waals surface area (Å²) in [5.41, 5.74) is 2.99. The summed E-state index contributed by atoms with van der Waals surface area (Å²) in [7, 11) is 0. The predicted molar refractivity (Wildman–Crippen MR) is 112 cm³/mol. The molecule has 6 nitrogen and oxygen atoms in total. The highest BCUT2D eigenvalue weighted by molar-refractivity contribution is 7.10. The number of ether oxygens (including phenoxy) is 1. The van der Waals surface area contributed by atoms with Crippen molar-refractivity contribution in [3.63, 3.8) is 0 Å². The average Bonchev–Trinajstić information content (AvgIpc) is 3.39. The van der Waals surface area contributed by atoms with Gasteiger partial charge in [-0.25, -0.2) is 0 Å². The van der Waals surface area contributed by atoms with E-state index < -0.39 is 17.6 Å². The van der Waals surface area contributed by atoms with Crippen molar-refractivity contribution in [2.24, 2.45) is 5.18 Å². The molecule has 1 aliphatic carbocycles. The maximum Gasteiger partial charge on any atom is 0.416 e. The Labute approximate surface area is 184 Å². The van der Waals surface area contributed by atoms with E-state index >= 15 is 0 Å². The number of carbonyl (C=O) groups excluding carboxylic acids is 1. The van der Waals surface area contributed by atoms with Crippen molar-refractivity contribution < 1.29 is 27.2 Å². The second-order valence-corrected chi connectivity index (χ2v) is 8.35. The summed E-state index contributed by atoms with van der Waals surface area (Å²) in [6.45, 7) is 2.09. The minimum Gasteiger partial charge on any atom is -0.367 e. The second-order valence-electron chi connectivity index (χ2n) is 7.38. The van der Waals surface area contributed by atoms with Crippen molar-refractivity contribution in [1.82, 2.24) is 5.16 Å². The molecule has 1 unspecified atom stereocenters. The van der Waals surface area contributed by atoms with Gasteiger partial charge in [-0.3, -0.25) is 4.79 Å². The molecule has 3 aromatic rings. The van der Waals surface area contributed by atoms with Crippen LogP contribution in [0.2, 0.25) is 0 Å². The molecule has 0 bridgehead atoms. The first-order valence-electron chi connectivity index (χ1n) is 9.63. The molecule has 1 aliphatic rings. The van der Waals surface area contributed by atoms with Gasteiger partial charge >= 0.3 is 6.18 Å². The number of hydrogen-bond donors (Lipinski definition) is 0. The number of alkyl halides is 3. The fourth-order valence-electron chi connectivity index (χ4n) is 3.63. The molecule has 0 spiro atoms. The highest BCUT2D eigenvalue weighted by atomic mass is 32.1. The first kappa shape index (κ1) is 22.1. The number of fused-ring (bicyclic) bond motifs is 1. The van der Waals surface area contributed by atoms with Gasteiger partial charge in [0, 0.05) is 28.1 Å². The summed E-state index contributed by atoms with van der Waals surface area (Å²) in [5, 5.41) is 8.26. The fraction of sp³-hybridized carbons (Fsp3) is 0.273. The summed E-state index contributed by atoms with van der Waals surface area (Å²) >= 11 is 1.51. The van der Waals surface area contributed by atoms with E-state index in [-0.39, 0.29) is 19.1 Å². The summed E-state index contributed by atoms with van der Waals surface area (Å²) in [5.74, 6) is -0.349. The van der Waals surface area contributed by atoms with E-state index in [1.165, 1.54) is 23.5 Å². The Morgan fingerprint density at radius 3 is 2.75 bits per heavy atom. The van der Waals surface area contributed by atoms with Crippen LogP contribution < -0.4 is 0 Å². The minimum atomic E-state index is -4.39. The van der Waals surface area contributed by atoms with E-state index in [0.29, 0.717) is 23.4 Å². The Hall–Kier alpha value is -3.11. The van der Waals surface area contributed by atoms with Gasteiger partial charge in [-0.15, -0.1) is 16.2 Å². The van der Waals surface area contributed by atoms with E-state index in [2.05, 4.69) is 10.3 Å². The van der Waals surface area contributed by atoms with E-state index in [9.17, 15) is 22.9 Å². The van der Waals surface area contributed by atoms with Crippen LogP contribution >= 0.6 is 11.3 Å². The quantitative estimate of drug-likeness (QED) is 0.432. The highest BCUT2D eigenvalue weighted by Crippen LogP contribution is 2.36. The number of hydrogen-bond acceptors (Lipinski definition) is 6. The normalized spacial score (nSPS) is 15.9. The van der Waals surface area contributed by atoms with Gasteiger partial charge in [-0.2, -0.15) is 13.2 Å². The molecule has 1 atom stereocenters. The van der Waals surface area contributed by atoms with Gasteiger partial charge in [0.2, 0.25) is 0 Å². The van der Waals surface area contributed by atoms with Gasteiger partial charge in [-0.1, -0.05) is 23.4 Å². The molecular formula is C22H17F3N2O4S. The molecule has 2 aromatic heterocycles. The monoisotopic (exact) mass is 462 g/mol. The van der Waals surface area contributed by atoms with Crippen molar-refractivity contribution >= 4 is 22.8 Å². The zero-order chi connectivity index (χ0) is 22.9. The van der Waals surface area contributed by atoms with Crippen molar-refractivity contribution in [2.75, 3.05) is 0 Å². The number of amides is 1. The van der Waals surface area contributed by atoms with Crippen LogP contribution in [0.25, 0.3) is 16.9 Å². The zero-order valence-electron chi connectivity index (χ0n) is 16.8. The SMILES string of the molecule is CC1=CC(OCc2cc(-c3ccc(C(F)(F)F)cc3)on2)Cc2scc(CC(=O)N=O)c21. The Balaban J connectivity index is 1.40. The summed E-state index contributed by atoms with van der Waals surface area (Å²) in [6, 6.07) is 6.29. The summed E-state index contributed by atoms with van der Waals surface area (Å²) in [6.07, 6.45) is -2.05. The molecule has 0 fully saturated rings. The Kier molecular flexibility index (Phi) is 6.07. The van der Waals surface area contributed by atoms with Crippen LogP contribution in [-0.4, -0.2) is 17.2 Å². The Bertz CT molecular complexity index is 1180. The molecule has 0 saturated heterocycles. The lowest BCUT2D eigenvalue weighted by atomic mass is 9.92. The van der Waals surface area contributed by atoms with Crippen molar-refractivity contribution in [3.8, 4) is 11.3 Å². The number of nitroso groups, excluding NO2 is 1. The topological polar surface area (TPSA) is 81.8 Å². The third-order valence-electron chi connectivity index (χ3n) is 5.10. The van der Waals surface area contributed by atoms with E-state index in [0.717, 1.165) is 33.7 Å². The highest BCUT2D eigenvalue weighted by Gasteiger charge is 2.30. The maximum atomic E-state index is 12.7. The molecular weight excluding hydrogens is 445 g/mol. The first-order valence-corrected chi connectivity index (χ1v) is 10.5. The number of nitrogens with zero attached hydrogens (tertiary/aromatic N) is 2. The van der Waals surface area contributed by atoms with E-state index in [1.807, 2.05) is 18.4 Å². The standard InChI is InChI=1S/C22H17F3N2O4S/c1-12-6-17(9-19-21(12)14(11-32-19)7-20(28)26-29)30-10-16-8-18(31-27-16)13-2-4-15(5-3-13)22(23,24)25/h2-6,8,11,17H,7,9-10H2,1H3. The third-order valence-corrected chi connectivity index (χ3v) is 6.16. The second kappa shape index (κ2) is 8.79. The van der Waals surface area contributed by atoms with Gasteiger partial charge < -0.3 is 9.26 Å². The van der Waals surface area contributed by atoms with Crippen LogP contribution in [-0.2, 0) is 35.2 Å². The van der Waals surface area contributed by atoms with Crippen LogP contribution in [0.3, 0.4) is 0 Å². The zero-order valence-corrected chi connectivity index (χ0v) is 17.6. The lowest BCUT2D eigenvalue weighted by Crippen LogP contribution is -2.18. The van der Waals surface area contributed by atoms with Crippen molar-refractivity contribution in [3.05, 3.63) is 74.0 Å². The maximum absolute atomic E-state index is 12.7. The molecule has 0 saturated carbocycles. The Morgan fingerprint density at radius 2 is 2.06 bits per heavy atom. The molecule has 10 heteroatoms. The predicted octanol–water partition coefficient (Wildman–Crippen LogP) is 5.80. The number of thiophene rings is 1. The van der Waals surface area contributed by atoms with Gasteiger partial charge in [0.05, 0.1) is 24.7 Å². The fourth-order valence-corrected chi connectivity index (χ4v) is 4.79. The average molecular weight is 462 g/mol. The number of carbonyl (C=O) groups is 1. The van der Waals surface area contributed by atoms with Crippen LogP contribution in [0.1, 0.15) is 34.2 Å². The Morgan fingerprint density at radius 1 is 1.31 bits per heavy atom. The van der Waals surface area contributed by atoms with Crippen molar-refractivity contribution in [2.45, 2.75) is 38.7 Å². The molecule has 32 heavy (non-hydrogen) atoms. The first-order chi connectivity index (χ1) is 15.2. The summed E-state index contributed by atoms with van der Waals surface area (Å²) < 4.78 is 49.3. The van der Waals surface area contributed by atoms with E-state index in [4.69, 9.17) is 9.26 Å². The molecule has 0 radical (unpaired) electrons. The molecule has 1 aromatic carbocycles. The molecule has 0 aliphatic heterocycles. The van der Waals surface area contributed by atoms with E-state index in [1.54, 1.807) is 6.07 Å². The van der Waals surface area contributed by atoms with Gasteiger partial charge in [-0.05, 0) is 41.1 Å². The number of allylic oxidation sites excluding steroid dienone is 1. The van der Waals surface area contributed by atoms with Gasteiger partial charge in [0.15, 0.2) is 5.76 Å². The lowest BCUT2D eigenvalue weighted by Gasteiger charge is -2.21. The van der Waals surface area contributed by atoms with Crippen LogP contribution in [0, 0.1) is 4.91 Å². The van der Waals surface area contributed by atoms with Crippen LogP contribution in [0.5, 0.6) is 0 Å². The number of halogens is 3. The molecule has 0 N–H and O–H groups in total. The van der Waals surface area contributed by atoms with Crippen LogP contribution in [0.15, 0.2) is 51.5 Å². The van der Waals surface area contributed by atoms with Crippen molar-refractivity contribution in [1.29, 1.82) is 0 Å².